The number of fused-ring (bicyclic) bond motifs is 1. The van der Waals surface area contributed by atoms with Crippen molar-refractivity contribution < 1.29 is 28.2 Å². The maximum Gasteiger partial charge on any atom is 0.339 e. The van der Waals surface area contributed by atoms with Crippen LogP contribution in [0.15, 0.2) is 30.3 Å². The first-order valence-corrected chi connectivity index (χ1v) is 11.8. The van der Waals surface area contributed by atoms with Crippen molar-refractivity contribution in [1.29, 1.82) is 0 Å². The third-order valence-electron chi connectivity index (χ3n) is 6.27. The minimum absolute atomic E-state index is 0.0777. The fourth-order valence-corrected chi connectivity index (χ4v) is 4.32. The molecule has 2 aromatic carbocycles. The molecular weight excluding hydrogens is 470 g/mol. The van der Waals surface area contributed by atoms with Crippen molar-refractivity contribution in [3.63, 3.8) is 0 Å². The first-order chi connectivity index (χ1) is 17.3. The quantitative estimate of drug-likeness (QED) is 0.421. The Morgan fingerprint density at radius 2 is 1.89 bits per heavy atom. The molecule has 1 saturated heterocycles. The van der Waals surface area contributed by atoms with E-state index in [1.807, 2.05) is 6.07 Å². The van der Waals surface area contributed by atoms with E-state index in [2.05, 4.69) is 27.1 Å². The second-order valence-electron chi connectivity index (χ2n) is 8.69. The smallest absolute Gasteiger partial charge is 0.339 e. The minimum atomic E-state index is -1.21. The number of anilines is 3. The van der Waals surface area contributed by atoms with Crippen molar-refractivity contribution in [2.24, 2.45) is 0 Å². The highest BCUT2D eigenvalue weighted by Crippen LogP contribution is 2.40. The van der Waals surface area contributed by atoms with Crippen LogP contribution in [-0.4, -0.2) is 74.5 Å². The lowest BCUT2D eigenvalue weighted by molar-refractivity contribution is 0.0696. The zero-order chi connectivity index (χ0) is 25.8. The molecular formula is C26H30F2N4O4. The van der Waals surface area contributed by atoms with Gasteiger partial charge >= 0.3 is 5.97 Å². The number of halogens is 2. The molecule has 1 aliphatic rings. The summed E-state index contributed by atoms with van der Waals surface area (Å²) in [6.07, 6.45) is 0.331. The number of carboxylic acids is 1. The highest BCUT2D eigenvalue weighted by molar-refractivity contribution is 6.08. The Morgan fingerprint density at radius 1 is 1.14 bits per heavy atom. The summed E-state index contributed by atoms with van der Waals surface area (Å²) in [5.41, 5.74) is 1.51. The van der Waals surface area contributed by atoms with E-state index in [0.717, 1.165) is 50.1 Å². The number of aryl methyl sites for hydroxylation is 1. The molecule has 0 aliphatic carbocycles. The van der Waals surface area contributed by atoms with E-state index in [1.54, 1.807) is 20.1 Å². The van der Waals surface area contributed by atoms with Gasteiger partial charge in [-0.1, -0.05) is 6.92 Å². The number of pyridine rings is 1. The van der Waals surface area contributed by atoms with Crippen LogP contribution in [-0.2, 0) is 11.2 Å². The number of hydrogen-bond donors (Lipinski definition) is 2. The second-order valence-corrected chi connectivity index (χ2v) is 8.69. The molecule has 0 bridgehead atoms. The molecule has 10 heteroatoms. The molecule has 1 aromatic heterocycles. The summed E-state index contributed by atoms with van der Waals surface area (Å²) in [7, 11) is 3.65. The molecule has 0 amide bonds. The number of carboxylic acid groups (broad SMARTS) is 1. The van der Waals surface area contributed by atoms with Gasteiger partial charge in [-0.05, 0) is 31.7 Å². The maximum atomic E-state index is 14.6. The van der Waals surface area contributed by atoms with E-state index in [9.17, 15) is 18.7 Å². The van der Waals surface area contributed by atoms with Gasteiger partial charge in [0.2, 0.25) is 0 Å². The van der Waals surface area contributed by atoms with Gasteiger partial charge < -0.3 is 29.7 Å². The Bertz CT molecular complexity index is 1260. The maximum absolute atomic E-state index is 14.6. The highest BCUT2D eigenvalue weighted by Gasteiger charge is 2.25. The molecule has 0 atom stereocenters. The van der Waals surface area contributed by atoms with Gasteiger partial charge in [-0.15, -0.1) is 0 Å². The first kappa shape index (κ1) is 25.6. The monoisotopic (exact) mass is 500 g/mol. The average molecular weight is 501 g/mol. The van der Waals surface area contributed by atoms with Crippen LogP contribution >= 0.6 is 0 Å². The van der Waals surface area contributed by atoms with Crippen molar-refractivity contribution in [3.05, 3.63) is 53.2 Å². The van der Waals surface area contributed by atoms with Crippen LogP contribution in [0.3, 0.4) is 0 Å². The third-order valence-corrected chi connectivity index (χ3v) is 6.27. The van der Waals surface area contributed by atoms with Crippen LogP contribution in [0.4, 0.5) is 25.8 Å². The molecule has 36 heavy (non-hydrogen) atoms. The molecule has 192 valence electrons. The lowest BCUT2D eigenvalue weighted by Gasteiger charge is -2.35. The van der Waals surface area contributed by atoms with Crippen molar-refractivity contribution in [2.45, 2.75) is 13.3 Å². The summed E-state index contributed by atoms with van der Waals surface area (Å²) in [5.74, 6) is -1.95. The van der Waals surface area contributed by atoms with Crippen LogP contribution in [0.5, 0.6) is 5.75 Å². The molecule has 2 N–H and O–H groups in total. The molecule has 4 rings (SSSR count). The van der Waals surface area contributed by atoms with Gasteiger partial charge in [0.25, 0.3) is 0 Å². The summed E-state index contributed by atoms with van der Waals surface area (Å²) < 4.78 is 39.7. The number of piperazine rings is 1. The van der Waals surface area contributed by atoms with Gasteiger partial charge in [0.15, 0.2) is 0 Å². The van der Waals surface area contributed by atoms with E-state index < -0.39 is 17.6 Å². The van der Waals surface area contributed by atoms with E-state index in [1.165, 1.54) is 0 Å². The Kier molecular flexibility index (Phi) is 7.85. The number of hydrogen-bond acceptors (Lipinski definition) is 7. The van der Waals surface area contributed by atoms with Crippen molar-refractivity contribution in [3.8, 4) is 5.75 Å². The largest absolute Gasteiger partial charge is 0.489 e. The molecule has 3 aromatic rings. The van der Waals surface area contributed by atoms with Crippen LogP contribution in [0.25, 0.3) is 10.9 Å². The van der Waals surface area contributed by atoms with Crippen LogP contribution in [0.1, 0.15) is 23.0 Å². The van der Waals surface area contributed by atoms with Gasteiger partial charge in [0.05, 0.1) is 34.9 Å². The average Bonchev–Trinajstić information content (AvgIpc) is 2.86. The molecule has 0 radical (unpaired) electrons. The molecule has 1 fully saturated rings. The zero-order valence-corrected chi connectivity index (χ0v) is 20.6. The fraction of sp³-hybridized carbons (Fsp3) is 0.385. The number of likely N-dealkylation sites (N-methyl/N-ethyl adjacent to an activating group) is 1. The molecule has 1 aliphatic heterocycles. The summed E-state index contributed by atoms with van der Waals surface area (Å²) in [6, 6.07) is 6.61. The number of nitrogens with one attached hydrogen (secondary N) is 1. The number of benzene rings is 2. The number of rotatable bonds is 9. The number of carbonyl (C=O) groups is 1. The predicted molar refractivity (Wildman–Crippen MR) is 135 cm³/mol. The number of nitrogens with zero attached hydrogens (tertiary/aromatic N) is 3. The van der Waals surface area contributed by atoms with Gasteiger partial charge in [-0.25, -0.2) is 13.6 Å². The fourth-order valence-electron chi connectivity index (χ4n) is 4.32. The van der Waals surface area contributed by atoms with Crippen molar-refractivity contribution >= 4 is 33.9 Å². The molecule has 0 unspecified atom stereocenters. The first-order valence-electron chi connectivity index (χ1n) is 11.8. The van der Waals surface area contributed by atoms with Gasteiger partial charge in [0.1, 0.15) is 29.6 Å². The molecule has 2 heterocycles. The van der Waals surface area contributed by atoms with Gasteiger partial charge in [0, 0.05) is 50.8 Å². The topological polar surface area (TPSA) is 87.2 Å². The van der Waals surface area contributed by atoms with E-state index in [0.29, 0.717) is 42.0 Å². The number of aromatic carboxylic acids is 1. The second kappa shape index (κ2) is 11.0. The molecule has 0 spiro atoms. The minimum Gasteiger partial charge on any atom is -0.489 e. The molecule has 8 nitrogen and oxygen atoms in total. The van der Waals surface area contributed by atoms with E-state index in [4.69, 9.17) is 9.47 Å². The summed E-state index contributed by atoms with van der Waals surface area (Å²) >= 11 is 0. The number of ether oxygens (including phenoxy) is 2. The predicted octanol–water partition coefficient (Wildman–Crippen LogP) is 4.29. The van der Waals surface area contributed by atoms with Crippen LogP contribution in [0.2, 0.25) is 0 Å². The summed E-state index contributed by atoms with van der Waals surface area (Å²) in [4.78, 5) is 21.4. The Balaban J connectivity index is 1.94. The van der Waals surface area contributed by atoms with Crippen molar-refractivity contribution in [2.75, 3.05) is 63.8 Å². The normalized spacial score (nSPS) is 14.3. The Labute approximate surface area is 208 Å². The van der Waals surface area contributed by atoms with Gasteiger partial charge in [-0.3, -0.25) is 4.98 Å². The summed E-state index contributed by atoms with van der Waals surface area (Å²) in [6.45, 7) is 5.72. The number of methoxy groups -OCH3 is 1. The van der Waals surface area contributed by atoms with Crippen LogP contribution in [0, 0.1) is 11.6 Å². The number of aromatic nitrogens is 1. The third kappa shape index (κ3) is 5.34. The highest BCUT2D eigenvalue weighted by atomic mass is 19.1. The standard InChI is InChI=1S/C26H30F2N4O4/c1-4-19-24(26(33)34)25(30-21-13-16(27)5-6-18(21)28)17-14-22(32-9-7-31(2)8-10-32)23(15-20(17)29-19)36-12-11-35-3/h5-6,13-15H,4,7-12H2,1-3H3,(H,29,30)(H,33,34). The Hall–Kier alpha value is -3.50. The van der Waals surface area contributed by atoms with E-state index >= 15 is 0 Å². The lowest BCUT2D eigenvalue weighted by Crippen LogP contribution is -2.44. The summed E-state index contributed by atoms with van der Waals surface area (Å²) in [5, 5.41) is 13.4. The Morgan fingerprint density at radius 3 is 2.56 bits per heavy atom. The van der Waals surface area contributed by atoms with Crippen LogP contribution < -0.4 is 15.0 Å². The SMILES string of the molecule is CCc1nc2cc(OCCOC)c(N3CCN(C)CC3)cc2c(Nc2cc(F)ccc2F)c1C(=O)O. The lowest BCUT2D eigenvalue weighted by atomic mass is 10.0. The van der Waals surface area contributed by atoms with E-state index in [-0.39, 0.29) is 16.9 Å². The van der Waals surface area contributed by atoms with Gasteiger partial charge in [-0.2, -0.15) is 0 Å². The molecule has 0 saturated carbocycles. The van der Waals surface area contributed by atoms with Crippen molar-refractivity contribution in [1.82, 2.24) is 9.88 Å². The zero-order valence-electron chi connectivity index (χ0n) is 20.6.